The van der Waals surface area contributed by atoms with E-state index in [0.29, 0.717) is 0 Å². The van der Waals surface area contributed by atoms with Gasteiger partial charge < -0.3 is 9.46 Å². The van der Waals surface area contributed by atoms with Crippen LogP contribution in [0.25, 0.3) is 4.72 Å². The summed E-state index contributed by atoms with van der Waals surface area (Å²) in [7, 11) is 0. The van der Waals surface area contributed by atoms with Gasteiger partial charge in [-0.25, -0.2) is 0 Å². The van der Waals surface area contributed by atoms with Gasteiger partial charge in [-0.15, -0.1) is 6.54 Å². The van der Waals surface area contributed by atoms with Gasteiger partial charge in [0.15, 0.2) is 0 Å². The molecule has 0 saturated heterocycles. The summed E-state index contributed by atoms with van der Waals surface area (Å²) < 4.78 is 41.6. The minimum atomic E-state index is -4.35. The molecule has 0 N–H and O–H groups in total. The molecule has 0 rings (SSSR count). The second kappa shape index (κ2) is 5.26. The van der Waals surface area contributed by atoms with E-state index in [9.17, 15) is 18.0 Å². The summed E-state index contributed by atoms with van der Waals surface area (Å²) in [6.07, 6.45) is 0. The number of alkyl halides is 3. The normalized spacial score (nSPS) is 11.3. The van der Waals surface area contributed by atoms with Gasteiger partial charge in [0, 0.05) is 6.92 Å². The average molecular weight is 202 g/mol. The Kier molecular flexibility index (Phi) is 5.07. The highest BCUT2D eigenvalue weighted by atomic mass is 32.2. The number of esters is 1. The summed E-state index contributed by atoms with van der Waals surface area (Å²) in [5, 5.41) is 0. The van der Waals surface area contributed by atoms with Crippen LogP contribution in [0.1, 0.15) is 6.92 Å². The Morgan fingerprint density at radius 1 is 1.58 bits per heavy atom. The number of carbonyl (C=O) groups is 1. The summed E-state index contributed by atoms with van der Waals surface area (Å²) >= 11 is -0.481. The smallest absolute Gasteiger partial charge is 0.423 e. The molecule has 0 aromatic carbocycles. The molecule has 0 unspecified atom stereocenters. The van der Waals surface area contributed by atoms with Crippen LogP contribution < -0.4 is 0 Å². The maximum absolute atomic E-state index is 11.4. The Bertz CT molecular complexity index is 150. The zero-order chi connectivity index (χ0) is 9.61. The first-order valence-electron chi connectivity index (χ1n) is 2.97. The van der Waals surface area contributed by atoms with E-state index in [4.69, 9.17) is 0 Å². The molecule has 0 fully saturated rings. The molecule has 0 amide bonds. The van der Waals surface area contributed by atoms with Crippen molar-refractivity contribution in [1.82, 2.24) is 0 Å². The van der Waals surface area contributed by atoms with Crippen LogP contribution >= 0.6 is 11.9 Å². The maximum atomic E-state index is 11.4. The molecule has 72 valence electrons. The van der Waals surface area contributed by atoms with Crippen molar-refractivity contribution >= 4 is 17.9 Å². The zero-order valence-corrected chi connectivity index (χ0v) is 7.04. The molecular formula is C5H7F3NO2S-. The fraction of sp³-hybridized carbons (Fsp3) is 0.800. The summed E-state index contributed by atoms with van der Waals surface area (Å²) in [5.74, 6) is -0.526. The summed E-state index contributed by atoms with van der Waals surface area (Å²) in [4.78, 5) is 10.1. The molecule has 0 bridgehead atoms. The molecule has 0 atom stereocenters. The lowest BCUT2D eigenvalue weighted by Gasteiger charge is -2.19. The number of carbonyl (C=O) groups excluding carboxylic acids is 1. The van der Waals surface area contributed by atoms with Gasteiger partial charge in [-0.05, 0) is 0 Å². The summed E-state index contributed by atoms with van der Waals surface area (Å²) in [5.41, 5.74) is -4.35. The van der Waals surface area contributed by atoms with Crippen LogP contribution in [0.3, 0.4) is 0 Å². The molecule has 0 aliphatic heterocycles. The first-order valence-corrected chi connectivity index (χ1v) is 3.74. The third kappa shape index (κ3) is 9.57. The van der Waals surface area contributed by atoms with Crippen molar-refractivity contribution < 1.29 is 22.7 Å². The lowest BCUT2D eigenvalue weighted by Crippen LogP contribution is -2.05. The molecule has 3 nitrogen and oxygen atoms in total. The highest BCUT2D eigenvalue weighted by molar-refractivity contribution is 8.02. The lowest BCUT2D eigenvalue weighted by atomic mass is 10.7. The van der Waals surface area contributed by atoms with Crippen molar-refractivity contribution in [3.8, 4) is 0 Å². The first-order chi connectivity index (χ1) is 5.42. The van der Waals surface area contributed by atoms with Crippen LogP contribution in [0.5, 0.6) is 0 Å². The van der Waals surface area contributed by atoms with Crippen molar-refractivity contribution in [2.45, 2.75) is 12.4 Å². The van der Waals surface area contributed by atoms with Crippen molar-refractivity contribution in [1.29, 1.82) is 0 Å². The largest absolute Gasteiger partial charge is 0.596 e. The minimum absolute atomic E-state index is 0.113. The Morgan fingerprint density at radius 3 is 2.58 bits per heavy atom. The Morgan fingerprint density at radius 2 is 2.17 bits per heavy atom. The third-order valence-electron chi connectivity index (χ3n) is 0.656. The van der Waals surface area contributed by atoms with Crippen LogP contribution in [-0.2, 0) is 9.53 Å². The van der Waals surface area contributed by atoms with E-state index in [1.54, 1.807) is 0 Å². The molecule has 0 radical (unpaired) electrons. The van der Waals surface area contributed by atoms with Crippen LogP contribution in [0, 0.1) is 0 Å². The fourth-order valence-corrected chi connectivity index (χ4v) is 0.658. The Balaban J connectivity index is 3.17. The number of nitrogens with zero attached hydrogens (tertiary/aromatic N) is 1. The standard InChI is InChI=1S/C5H7F3NO2S/c1-4(10)11-3-2-9-12-5(6,7)8/h2-3H2,1H3/q-1. The molecule has 7 heteroatoms. The molecule has 12 heavy (non-hydrogen) atoms. The number of hydrogen-bond donors (Lipinski definition) is 0. The van der Waals surface area contributed by atoms with Gasteiger partial charge in [0.2, 0.25) is 0 Å². The first kappa shape index (κ1) is 11.6. The van der Waals surface area contributed by atoms with Gasteiger partial charge in [0.25, 0.3) is 0 Å². The Hall–Kier alpha value is -0.430. The van der Waals surface area contributed by atoms with E-state index in [-0.39, 0.29) is 13.2 Å². The minimum Gasteiger partial charge on any atom is -0.596 e. The molecule has 0 spiro atoms. The maximum Gasteiger partial charge on any atom is 0.423 e. The number of rotatable bonds is 4. The van der Waals surface area contributed by atoms with Gasteiger partial charge in [-0.3, -0.25) is 4.79 Å². The van der Waals surface area contributed by atoms with Gasteiger partial charge in [-0.1, -0.05) is 0 Å². The predicted octanol–water partition coefficient (Wildman–Crippen LogP) is 2.09. The van der Waals surface area contributed by atoms with Gasteiger partial charge >= 0.3 is 11.5 Å². The SMILES string of the molecule is CC(=O)OCC[N-]SC(F)(F)F. The van der Waals surface area contributed by atoms with Crippen LogP contribution in [0.4, 0.5) is 13.2 Å². The molecule has 0 heterocycles. The predicted molar refractivity (Wildman–Crippen MR) is 38.5 cm³/mol. The second-order valence-corrected chi connectivity index (χ2v) is 2.63. The van der Waals surface area contributed by atoms with Crippen molar-refractivity contribution in [3.05, 3.63) is 4.72 Å². The molecule has 0 aliphatic carbocycles. The van der Waals surface area contributed by atoms with Gasteiger partial charge in [0.05, 0.1) is 6.61 Å². The number of hydrogen-bond acceptors (Lipinski definition) is 3. The second-order valence-electron chi connectivity index (χ2n) is 1.73. The number of halogens is 3. The summed E-state index contributed by atoms with van der Waals surface area (Å²) in [6.45, 7) is 0.916. The average Bonchev–Trinajstić information content (AvgIpc) is 1.83. The molecule has 0 saturated carbocycles. The highest BCUT2D eigenvalue weighted by Crippen LogP contribution is 2.33. The van der Waals surface area contributed by atoms with E-state index < -0.39 is 23.4 Å². The molecule has 0 aromatic rings. The van der Waals surface area contributed by atoms with E-state index in [1.165, 1.54) is 6.92 Å². The molecule has 0 aromatic heterocycles. The van der Waals surface area contributed by atoms with Gasteiger partial charge in [-0.2, -0.15) is 25.1 Å². The lowest BCUT2D eigenvalue weighted by molar-refractivity contribution is -0.140. The van der Waals surface area contributed by atoms with E-state index in [1.807, 2.05) is 0 Å². The van der Waals surface area contributed by atoms with Gasteiger partial charge in [0.1, 0.15) is 0 Å². The van der Waals surface area contributed by atoms with E-state index in [2.05, 4.69) is 9.46 Å². The third-order valence-corrected chi connectivity index (χ3v) is 1.17. The summed E-state index contributed by atoms with van der Waals surface area (Å²) in [6, 6.07) is 0. The van der Waals surface area contributed by atoms with Crippen molar-refractivity contribution in [3.63, 3.8) is 0 Å². The zero-order valence-electron chi connectivity index (χ0n) is 6.22. The quantitative estimate of drug-likeness (QED) is 0.398. The van der Waals surface area contributed by atoms with E-state index >= 15 is 0 Å². The van der Waals surface area contributed by atoms with Crippen LogP contribution in [-0.4, -0.2) is 24.6 Å². The Labute approximate surface area is 71.8 Å². The monoisotopic (exact) mass is 202 g/mol. The topological polar surface area (TPSA) is 40.4 Å². The molecule has 0 aliphatic rings. The van der Waals surface area contributed by atoms with E-state index in [0.717, 1.165) is 0 Å². The number of ether oxygens (including phenoxy) is 1. The van der Waals surface area contributed by atoms with Crippen LogP contribution in [0.15, 0.2) is 0 Å². The highest BCUT2D eigenvalue weighted by Gasteiger charge is 2.21. The van der Waals surface area contributed by atoms with Crippen LogP contribution in [0.2, 0.25) is 0 Å². The van der Waals surface area contributed by atoms with Crippen molar-refractivity contribution in [2.75, 3.05) is 13.2 Å². The molecular weight excluding hydrogens is 195 g/mol. The van der Waals surface area contributed by atoms with Crippen molar-refractivity contribution in [2.24, 2.45) is 0 Å². The fourth-order valence-electron chi connectivity index (χ4n) is 0.345.